The van der Waals surface area contributed by atoms with Crippen molar-refractivity contribution in [1.29, 1.82) is 0 Å². The molecule has 7 heteroatoms. The van der Waals surface area contributed by atoms with Gasteiger partial charge in [-0.15, -0.1) is 0 Å². The average Bonchev–Trinajstić information content (AvgIpc) is 2.83. The molecule has 2 heterocycles. The molecule has 1 spiro atoms. The summed E-state index contributed by atoms with van der Waals surface area (Å²) >= 11 is -3.63. The molecule has 0 aromatic heterocycles. The molecule has 0 N–H and O–H groups in total. The van der Waals surface area contributed by atoms with Gasteiger partial charge in [0.25, 0.3) is 0 Å². The maximum absolute atomic E-state index is 6.86. The third-order valence-electron chi connectivity index (χ3n) is 4.49. The standard InChI is InChI=1S/C15H27P3.3ClH.Ga/c1-13(2,3)10-16-11(14(4,5)6)18(10)12(17-18)15(7,8)9;;;;/h1-9H3;3*1H;/q+1;;;;+2/p-3. The molecule has 0 amide bonds. The Hall–Kier alpha value is 2.28. The Morgan fingerprint density at radius 1 is 0.818 bits per heavy atom. The summed E-state index contributed by atoms with van der Waals surface area (Å²) in [6, 6.07) is 0. The van der Waals surface area contributed by atoms with Gasteiger partial charge in [0.2, 0.25) is 0 Å². The van der Waals surface area contributed by atoms with Gasteiger partial charge in [-0.3, -0.25) is 0 Å². The van der Waals surface area contributed by atoms with E-state index in [-0.39, 0.29) is 19.7 Å². The summed E-state index contributed by atoms with van der Waals surface area (Å²) in [5, 5.41) is 3.39. The van der Waals surface area contributed by atoms with Crippen molar-refractivity contribution >= 4 is 74.1 Å². The van der Waals surface area contributed by atoms with Gasteiger partial charge in [0, 0.05) is 0 Å². The fourth-order valence-electron chi connectivity index (χ4n) is 3.65. The molecule has 0 aromatic rings. The van der Waals surface area contributed by atoms with E-state index >= 15 is 0 Å². The number of hydrogen-bond acceptors (Lipinski definition) is 0. The summed E-state index contributed by atoms with van der Waals surface area (Å²) in [6.07, 6.45) is 0. The molecule has 0 saturated carbocycles. The second kappa shape index (κ2) is 5.39. The Morgan fingerprint density at radius 2 is 1.23 bits per heavy atom. The number of hydrogen-bond donors (Lipinski definition) is 0. The third kappa shape index (κ3) is 2.69. The topological polar surface area (TPSA) is 0 Å². The van der Waals surface area contributed by atoms with Gasteiger partial charge in [-0.2, -0.15) is 0 Å². The van der Waals surface area contributed by atoms with Crippen molar-refractivity contribution in [2.24, 2.45) is 16.2 Å². The first-order valence-electron chi connectivity index (χ1n) is 7.73. The molecular weight excluding hydrogens is 449 g/mol. The van der Waals surface area contributed by atoms with Gasteiger partial charge in [0.15, 0.2) is 0 Å². The Labute approximate surface area is 155 Å². The van der Waals surface area contributed by atoms with Crippen molar-refractivity contribution in [3.63, 3.8) is 0 Å². The zero-order valence-corrected chi connectivity index (χ0v) is 22.4. The van der Waals surface area contributed by atoms with Gasteiger partial charge >= 0.3 is 156 Å². The first-order chi connectivity index (χ1) is 9.43. The fourth-order valence-corrected chi connectivity index (χ4v) is 52.4. The van der Waals surface area contributed by atoms with E-state index in [9.17, 15) is 0 Å². The van der Waals surface area contributed by atoms with Crippen molar-refractivity contribution in [2.75, 3.05) is 0 Å². The number of rotatable bonds is 1. The van der Waals surface area contributed by atoms with E-state index in [0.29, 0.717) is 0 Å². The molecule has 0 aliphatic carbocycles. The van der Waals surface area contributed by atoms with E-state index in [1.165, 1.54) is 16.1 Å². The minimum absolute atomic E-state index is 0.0425. The summed E-state index contributed by atoms with van der Waals surface area (Å²) in [5.41, 5.74) is 0.485. The molecule has 126 valence electrons. The Bertz CT molecular complexity index is 557. The average molecular weight is 476 g/mol. The zero-order valence-electron chi connectivity index (χ0n) is 15.1. The van der Waals surface area contributed by atoms with Crippen LogP contribution in [0.4, 0.5) is 0 Å². The molecule has 0 fully saturated rings. The van der Waals surface area contributed by atoms with Gasteiger partial charge in [0.05, 0.1) is 0 Å². The second-order valence-corrected chi connectivity index (χ2v) is 37.9. The molecule has 0 saturated heterocycles. The molecule has 2 unspecified atom stereocenters. The van der Waals surface area contributed by atoms with Crippen LogP contribution >= 0.6 is 52.0 Å². The Morgan fingerprint density at radius 3 is 1.45 bits per heavy atom. The fraction of sp³-hybridized carbons (Fsp3) is 0.867. The van der Waals surface area contributed by atoms with E-state index in [1.807, 2.05) is 0 Å². The Balaban J connectivity index is 2.70. The van der Waals surface area contributed by atoms with Crippen molar-refractivity contribution in [1.82, 2.24) is 0 Å². The van der Waals surface area contributed by atoms with E-state index in [1.54, 1.807) is 10.1 Å². The van der Waals surface area contributed by atoms with Crippen molar-refractivity contribution in [3.05, 3.63) is 0 Å². The van der Waals surface area contributed by atoms with Crippen LogP contribution in [0.15, 0.2) is 0 Å². The van der Waals surface area contributed by atoms with E-state index in [0.717, 1.165) is 0 Å². The monoisotopic (exact) mass is 474 g/mol. The molecule has 2 aliphatic heterocycles. The van der Waals surface area contributed by atoms with Crippen molar-refractivity contribution in [3.8, 4) is 0 Å². The molecule has 2 atom stereocenters. The second-order valence-electron chi connectivity index (χ2n) is 9.55. The molecule has 2 rings (SSSR count). The zero-order chi connectivity index (χ0) is 17.6. The van der Waals surface area contributed by atoms with Gasteiger partial charge in [-0.25, -0.2) is 0 Å². The molecule has 0 nitrogen and oxygen atoms in total. The van der Waals surface area contributed by atoms with Crippen molar-refractivity contribution in [2.45, 2.75) is 65.8 Å². The molecule has 0 radical (unpaired) electrons. The number of halogens is 3. The summed E-state index contributed by atoms with van der Waals surface area (Å²) in [6.45, 7) is 19.5. The third-order valence-corrected chi connectivity index (χ3v) is 41.2. The van der Waals surface area contributed by atoms with E-state index in [4.69, 9.17) is 28.9 Å². The summed E-state index contributed by atoms with van der Waals surface area (Å²) in [5.74, 6) is 0. The van der Waals surface area contributed by atoms with E-state index in [2.05, 4.69) is 62.3 Å². The maximum atomic E-state index is 6.86. The van der Waals surface area contributed by atoms with Crippen LogP contribution < -0.4 is 0 Å². The predicted molar refractivity (Wildman–Crippen MR) is 115 cm³/mol. The van der Waals surface area contributed by atoms with Crippen LogP contribution in [0.25, 0.3) is 0 Å². The van der Waals surface area contributed by atoms with Crippen molar-refractivity contribution < 1.29 is 0 Å². The predicted octanol–water partition coefficient (Wildman–Crippen LogP) is 8.13. The van der Waals surface area contributed by atoms with Crippen LogP contribution in [0.5, 0.6) is 0 Å². The van der Waals surface area contributed by atoms with Crippen LogP contribution in [0, 0.1) is 16.2 Å². The molecule has 0 bridgehead atoms. The summed E-state index contributed by atoms with van der Waals surface area (Å²) < 4.78 is -0.0425. The van der Waals surface area contributed by atoms with Crippen LogP contribution in [-0.4, -0.2) is 25.5 Å². The van der Waals surface area contributed by atoms with Crippen LogP contribution in [0.1, 0.15) is 62.3 Å². The van der Waals surface area contributed by atoms with Gasteiger partial charge in [-0.1, -0.05) is 0 Å². The summed E-state index contributed by atoms with van der Waals surface area (Å²) in [7, 11) is 23.4. The minimum atomic E-state index is -3.63. The Kier molecular flexibility index (Phi) is 5.05. The first-order valence-corrected chi connectivity index (χ1v) is 22.8. The van der Waals surface area contributed by atoms with Crippen LogP contribution in [0.2, 0.25) is 0 Å². The normalized spacial score (nSPS) is 34.0. The SMILES string of the molecule is CC(C)(C)C1=P[C](C(C)(C)C)([Ga-]([Cl])([Cl])[Cl])[P+]12P=C2C(C)(C)C. The molecule has 22 heavy (non-hydrogen) atoms. The summed E-state index contributed by atoms with van der Waals surface area (Å²) in [4.78, 5) is 0. The van der Waals surface area contributed by atoms with Crippen LogP contribution in [0.3, 0.4) is 0 Å². The van der Waals surface area contributed by atoms with E-state index < -0.39 is 19.0 Å². The quantitative estimate of drug-likeness (QED) is 0.265. The van der Waals surface area contributed by atoms with Gasteiger partial charge in [-0.05, 0) is 0 Å². The van der Waals surface area contributed by atoms with Gasteiger partial charge in [0.1, 0.15) is 0 Å². The van der Waals surface area contributed by atoms with Gasteiger partial charge < -0.3 is 0 Å². The molecule has 0 aromatic carbocycles. The molecule has 2 aliphatic rings. The van der Waals surface area contributed by atoms with Crippen LogP contribution in [-0.2, 0) is 0 Å². The molecular formula is C15H27Cl3GaP3. The first kappa shape index (κ1) is 20.6.